The maximum Gasteiger partial charge on any atom is 0.264 e. The van der Waals surface area contributed by atoms with Crippen LogP contribution in [0.25, 0.3) is 0 Å². The molecular weight excluding hydrogens is 1130 g/mol. The summed E-state index contributed by atoms with van der Waals surface area (Å²) in [5.41, 5.74) is 6.49. The zero-order valence-corrected chi connectivity index (χ0v) is 49.6. The van der Waals surface area contributed by atoms with Gasteiger partial charge in [0.2, 0.25) is 20.0 Å². The molecule has 4 aromatic rings. The fourth-order valence-electron chi connectivity index (χ4n) is 15.0. The van der Waals surface area contributed by atoms with E-state index in [1.165, 1.54) is 22.3 Å². The highest BCUT2D eigenvalue weighted by Crippen LogP contribution is 2.49. The average molecular weight is 1210 g/mol. The van der Waals surface area contributed by atoms with Crippen LogP contribution in [0.5, 0.6) is 11.5 Å². The van der Waals surface area contributed by atoms with Crippen LogP contribution in [0.2, 0.25) is 10.0 Å². The smallest absolute Gasteiger partial charge is 0.264 e. The largest absolute Gasteiger partial charge is 0.490 e. The number of aliphatic hydroxyl groups excluding tert-OH is 4. The van der Waals surface area contributed by atoms with Crippen LogP contribution in [-0.4, -0.2) is 125 Å². The van der Waals surface area contributed by atoms with Gasteiger partial charge in [0, 0.05) is 71.4 Å². The van der Waals surface area contributed by atoms with Crippen molar-refractivity contribution in [3.05, 3.63) is 116 Å². The first-order valence-electron chi connectivity index (χ1n) is 29.6. The van der Waals surface area contributed by atoms with Crippen molar-refractivity contribution >= 4 is 66.4 Å². The van der Waals surface area contributed by atoms with Crippen molar-refractivity contribution in [1.29, 1.82) is 0 Å². The Morgan fingerprint density at radius 1 is 0.549 bits per heavy atom. The number of carbonyl (C=O) groups excluding carboxylic acids is 2. The molecular formula is C62H78Cl2N4O12S2. The van der Waals surface area contributed by atoms with E-state index >= 15 is 0 Å². The molecule has 82 heavy (non-hydrogen) atoms. The van der Waals surface area contributed by atoms with E-state index in [-0.39, 0.29) is 58.5 Å². The van der Waals surface area contributed by atoms with Gasteiger partial charge in [0.15, 0.2) is 0 Å². The molecule has 2 amide bonds. The maximum absolute atomic E-state index is 13.2. The minimum absolute atomic E-state index is 0.159. The third-order valence-corrected chi connectivity index (χ3v) is 22.9. The predicted octanol–water partition coefficient (Wildman–Crippen LogP) is 8.10. The molecule has 12 rings (SSSR count). The Balaban J connectivity index is 0.000000172. The second-order valence-electron chi connectivity index (χ2n) is 25.1. The Labute approximate surface area is 492 Å². The van der Waals surface area contributed by atoms with E-state index in [2.05, 4.69) is 43.5 Å². The Hall–Kier alpha value is -4.66. The molecule has 4 aliphatic carbocycles. The van der Waals surface area contributed by atoms with Gasteiger partial charge in [-0.15, -0.1) is 0 Å². The van der Waals surface area contributed by atoms with Crippen LogP contribution in [0.15, 0.2) is 72.8 Å². The average Bonchev–Trinajstić information content (AvgIpc) is 3.62. The molecule has 4 aliphatic heterocycles. The topological polar surface area (TPSA) is 232 Å². The van der Waals surface area contributed by atoms with Gasteiger partial charge in [-0.05, 0) is 208 Å². The monoisotopic (exact) mass is 1200 g/mol. The SMILES string of the molecule is O=C1NS(=O)(=O)C[C@@H](CO)CCC[C@H](O)[C@@H]2CC[C@H]2CN2C[C@@]3(CCCc4cc(Cl)ccc43)COc3ccc1cc32.O=C1NS(=O)(=O)C[C@H](CO)CCC[C@H](O)[C@@H]2CC[C@H]2CN2C[C@@]3(CCCc4cc(Cl)ccc43)COc3ccc1cc32. The summed E-state index contributed by atoms with van der Waals surface area (Å²) < 4.78 is 68.9. The molecule has 2 fully saturated rings. The molecule has 8 aliphatic rings. The minimum atomic E-state index is -3.97. The predicted molar refractivity (Wildman–Crippen MR) is 316 cm³/mol. The Morgan fingerprint density at radius 3 is 1.37 bits per heavy atom. The first-order chi connectivity index (χ1) is 39.3. The first kappa shape index (κ1) is 59.1. The van der Waals surface area contributed by atoms with Gasteiger partial charge < -0.3 is 39.7 Å². The number of aliphatic hydroxyl groups is 4. The lowest BCUT2D eigenvalue weighted by Crippen LogP contribution is -2.49. The summed E-state index contributed by atoms with van der Waals surface area (Å²) in [6.45, 7) is 3.20. The number of aryl methyl sites for hydroxylation is 2. The van der Waals surface area contributed by atoms with E-state index in [1.807, 2.05) is 12.1 Å². The van der Waals surface area contributed by atoms with Crippen molar-refractivity contribution in [3.63, 3.8) is 0 Å². The third-order valence-electron chi connectivity index (χ3n) is 19.6. The summed E-state index contributed by atoms with van der Waals surface area (Å²) in [7, 11) is -7.94. The molecule has 2 saturated carbocycles. The van der Waals surface area contributed by atoms with Gasteiger partial charge in [-0.25, -0.2) is 26.3 Å². The number of nitrogens with one attached hydrogen (secondary N) is 2. The van der Waals surface area contributed by atoms with Crippen LogP contribution in [0.4, 0.5) is 11.4 Å². The molecule has 4 bridgehead atoms. The normalized spacial score (nSPS) is 31.6. The summed E-state index contributed by atoms with van der Waals surface area (Å²) in [6, 6.07) is 22.5. The number of ether oxygens (including phenoxy) is 2. The van der Waals surface area contributed by atoms with Gasteiger partial charge in [-0.1, -0.05) is 48.2 Å². The molecule has 0 saturated heterocycles. The molecule has 10 atom stereocenters. The lowest BCUT2D eigenvalue weighted by atomic mass is 9.68. The second-order valence-corrected chi connectivity index (χ2v) is 29.5. The van der Waals surface area contributed by atoms with Crippen LogP contribution in [0.1, 0.15) is 133 Å². The number of sulfonamides is 2. The first-order valence-corrected chi connectivity index (χ1v) is 33.7. The summed E-state index contributed by atoms with van der Waals surface area (Å²) >= 11 is 12.7. The molecule has 16 nitrogen and oxygen atoms in total. The lowest BCUT2D eigenvalue weighted by Gasteiger charge is -2.45. The zero-order valence-electron chi connectivity index (χ0n) is 46.5. The number of halogens is 2. The van der Waals surface area contributed by atoms with Crippen molar-refractivity contribution in [1.82, 2.24) is 9.44 Å². The Bertz CT molecular complexity index is 3050. The van der Waals surface area contributed by atoms with Gasteiger partial charge in [0.1, 0.15) is 11.5 Å². The molecule has 0 radical (unpaired) electrons. The highest BCUT2D eigenvalue weighted by molar-refractivity contribution is 7.90. The van der Waals surface area contributed by atoms with E-state index in [0.29, 0.717) is 101 Å². The van der Waals surface area contributed by atoms with Crippen LogP contribution < -0.4 is 28.7 Å². The number of hydrogen-bond acceptors (Lipinski definition) is 14. The van der Waals surface area contributed by atoms with E-state index in [0.717, 1.165) is 85.6 Å². The molecule has 2 spiro atoms. The number of fused-ring (bicyclic) bond motifs is 8. The zero-order chi connectivity index (χ0) is 57.6. The van der Waals surface area contributed by atoms with Crippen LogP contribution in [-0.2, 0) is 43.7 Å². The fraction of sp³-hybridized carbons (Fsp3) is 0.581. The number of hydrogen-bond donors (Lipinski definition) is 6. The van der Waals surface area contributed by atoms with E-state index < -0.39 is 55.9 Å². The van der Waals surface area contributed by atoms with Crippen LogP contribution in [0, 0.1) is 35.5 Å². The maximum atomic E-state index is 13.2. The van der Waals surface area contributed by atoms with Gasteiger partial charge in [0.05, 0.1) is 48.3 Å². The number of amides is 2. The molecule has 4 aromatic carbocycles. The number of benzene rings is 4. The molecule has 4 heterocycles. The Morgan fingerprint density at radius 2 is 0.976 bits per heavy atom. The number of rotatable bonds is 2. The van der Waals surface area contributed by atoms with Crippen molar-refractivity contribution in [3.8, 4) is 11.5 Å². The van der Waals surface area contributed by atoms with E-state index in [4.69, 9.17) is 32.7 Å². The summed E-state index contributed by atoms with van der Waals surface area (Å²) in [4.78, 5) is 31.0. The van der Waals surface area contributed by atoms with E-state index in [1.54, 1.807) is 36.4 Å². The minimum Gasteiger partial charge on any atom is -0.490 e. The summed E-state index contributed by atoms with van der Waals surface area (Å²) in [5.74, 6) is -0.834. The van der Waals surface area contributed by atoms with Crippen molar-refractivity contribution in [2.75, 3.05) is 73.9 Å². The molecule has 6 N–H and O–H groups in total. The molecule has 0 aromatic heterocycles. The van der Waals surface area contributed by atoms with E-state index in [9.17, 15) is 46.9 Å². The highest BCUT2D eigenvalue weighted by Gasteiger charge is 2.47. The highest BCUT2D eigenvalue weighted by atomic mass is 35.5. The Kier molecular flexibility index (Phi) is 17.6. The fourth-order valence-corrected chi connectivity index (χ4v) is 18.1. The summed E-state index contributed by atoms with van der Waals surface area (Å²) in [5, 5.41) is 43.3. The van der Waals surface area contributed by atoms with Crippen molar-refractivity contribution < 1.29 is 56.3 Å². The lowest BCUT2D eigenvalue weighted by molar-refractivity contribution is 0.00806. The van der Waals surface area contributed by atoms with Gasteiger partial charge in [-0.2, -0.15) is 0 Å². The number of carbonyl (C=O) groups is 2. The van der Waals surface area contributed by atoms with Crippen LogP contribution in [0.3, 0.4) is 0 Å². The molecule has 20 heteroatoms. The number of nitrogens with zero attached hydrogens (tertiary/aromatic N) is 2. The van der Waals surface area contributed by atoms with Crippen LogP contribution >= 0.6 is 23.2 Å². The van der Waals surface area contributed by atoms with Gasteiger partial charge >= 0.3 is 0 Å². The standard InChI is InChI=1S/2C31H39ClN2O6S/c2*32-24-8-10-26-21(13-24)4-2-12-31(26)18-34-15-23-6-9-25(23)28(36)5-1-3-20(16-35)17-41(38,39)33-30(37)22-7-11-29(40-19-31)27(34)14-22/h2*7-8,10-11,13-14,20,23,25,28,35-36H,1-6,9,12,15-19H2,(H,33,37)/t20-,23+,25-,28+,31+;20-,23-,25+,28-,31-/m10/s1. The molecule has 0 unspecified atom stereocenters. The summed E-state index contributed by atoms with van der Waals surface area (Å²) in [6.07, 6.45) is 12.2. The third kappa shape index (κ3) is 12.7. The van der Waals surface area contributed by atoms with Gasteiger partial charge in [-0.3, -0.25) is 9.59 Å². The molecule has 444 valence electrons. The quantitative estimate of drug-likeness (QED) is 0.111. The van der Waals surface area contributed by atoms with Crippen molar-refractivity contribution in [2.45, 2.75) is 126 Å². The number of anilines is 2. The second kappa shape index (κ2) is 24.4. The van der Waals surface area contributed by atoms with Crippen molar-refractivity contribution in [2.24, 2.45) is 35.5 Å². The van der Waals surface area contributed by atoms with Gasteiger partial charge in [0.25, 0.3) is 11.8 Å².